The molecule has 3 rings (SSSR count). The van der Waals surface area contributed by atoms with Crippen LogP contribution in [0.5, 0.6) is 0 Å². The number of rotatable bonds is 2. The lowest BCUT2D eigenvalue weighted by molar-refractivity contribution is 0.0638. The quantitative estimate of drug-likeness (QED) is 0.766. The summed E-state index contributed by atoms with van der Waals surface area (Å²) in [4.78, 5) is 0. The Morgan fingerprint density at radius 2 is 2.06 bits per heavy atom. The summed E-state index contributed by atoms with van der Waals surface area (Å²) in [5.74, 6) is 0.878. The molecule has 0 radical (unpaired) electrons. The lowest BCUT2D eigenvalue weighted by Gasteiger charge is -2.24. The largest absolute Gasteiger partial charge is 0.385 e. The first-order valence-electron chi connectivity index (χ1n) is 6.35. The van der Waals surface area contributed by atoms with Gasteiger partial charge in [0.15, 0.2) is 0 Å². The number of benzene rings is 1. The van der Waals surface area contributed by atoms with E-state index in [1.165, 1.54) is 11.1 Å². The summed E-state index contributed by atoms with van der Waals surface area (Å²) in [6, 6.07) is 10.5. The minimum Gasteiger partial charge on any atom is -0.385 e. The molecule has 0 amide bonds. The molecule has 3 atom stereocenters. The minimum atomic E-state index is -0.665. The molecule has 1 nitrogen and oxygen atoms in total. The third-order valence-corrected chi connectivity index (χ3v) is 4.36. The van der Waals surface area contributed by atoms with E-state index in [0.717, 1.165) is 19.3 Å². The van der Waals surface area contributed by atoms with E-state index in [1.807, 2.05) is 6.07 Å². The number of hydrogen-bond acceptors (Lipinski definition) is 1. The van der Waals surface area contributed by atoms with Crippen LogP contribution in [-0.2, 0) is 0 Å². The molecule has 1 aromatic rings. The monoisotopic (exact) mass is 226 g/mol. The van der Waals surface area contributed by atoms with Crippen molar-refractivity contribution in [1.82, 2.24) is 0 Å². The molecular formula is C16H18O. The molecule has 17 heavy (non-hydrogen) atoms. The van der Waals surface area contributed by atoms with E-state index in [9.17, 15) is 5.11 Å². The molecule has 1 saturated carbocycles. The van der Waals surface area contributed by atoms with Crippen molar-refractivity contribution in [3.63, 3.8) is 0 Å². The maximum absolute atomic E-state index is 10.5. The van der Waals surface area contributed by atoms with Crippen molar-refractivity contribution in [2.24, 2.45) is 11.8 Å². The fraction of sp³-hybridized carbons (Fsp3) is 0.375. The molecule has 88 valence electrons. The van der Waals surface area contributed by atoms with Crippen molar-refractivity contribution < 1.29 is 5.11 Å². The van der Waals surface area contributed by atoms with E-state index in [1.54, 1.807) is 6.08 Å². The average Bonchev–Trinajstić information content (AvgIpc) is 2.92. The van der Waals surface area contributed by atoms with Crippen LogP contribution in [0.2, 0.25) is 0 Å². The smallest absolute Gasteiger partial charge is 0.0890 e. The highest BCUT2D eigenvalue weighted by Gasteiger charge is 2.46. The van der Waals surface area contributed by atoms with Gasteiger partial charge in [0.1, 0.15) is 0 Å². The summed E-state index contributed by atoms with van der Waals surface area (Å²) in [5.41, 5.74) is 2.02. The normalized spacial score (nSPS) is 35.5. The predicted molar refractivity (Wildman–Crippen MR) is 70.4 cm³/mol. The van der Waals surface area contributed by atoms with E-state index in [2.05, 4.69) is 36.9 Å². The fourth-order valence-electron chi connectivity index (χ4n) is 3.35. The number of allylic oxidation sites excluding steroid dienone is 1. The molecule has 0 spiro atoms. The van der Waals surface area contributed by atoms with Crippen molar-refractivity contribution in [2.45, 2.75) is 24.9 Å². The van der Waals surface area contributed by atoms with E-state index in [-0.39, 0.29) is 5.92 Å². The summed E-state index contributed by atoms with van der Waals surface area (Å²) in [6.07, 6.45) is 7.09. The van der Waals surface area contributed by atoms with Crippen LogP contribution in [0.15, 0.2) is 49.1 Å². The summed E-state index contributed by atoms with van der Waals surface area (Å²) in [7, 11) is 0. The van der Waals surface area contributed by atoms with Gasteiger partial charge in [-0.1, -0.05) is 42.5 Å². The molecule has 1 heteroatoms. The van der Waals surface area contributed by atoms with E-state index in [4.69, 9.17) is 0 Å². The highest BCUT2D eigenvalue weighted by molar-refractivity contribution is 5.68. The Morgan fingerprint density at radius 1 is 1.29 bits per heavy atom. The van der Waals surface area contributed by atoms with Crippen molar-refractivity contribution in [2.75, 3.05) is 0 Å². The maximum atomic E-state index is 10.5. The zero-order valence-corrected chi connectivity index (χ0v) is 9.97. The second-order valence-corrected chi connectivity index (χ2v) is 5.28. The van der Waals surface area contributed by atoms with Crippen LogP contribution in [-0.4, -0.2) is 10.7 Å². The van der Waals surface area contributed by atoms with Crippen molar-refractivity contribution in [3.8, 4) is 0 Å². The minimum absolute atomic E-state index is 0.273. The first kappa shape index (κ1) is 10.8. The van der Waals surface area contributed by atoms with Gasteiger partial charge in [0, 0.05) is 5.92 Å². The highest BCUT2D eigenvalue weighted by atomic mass is 16.3. The van der Waals surface area contributed by atoms with Crippen molar-refractivity contribution in [3.05, 3.63) is 54.6 Å². The van der Waals surface area contributed by atoms with Crippen LogP contribution in [0, 0.1) is 11.8 Å². The second-order valence-electron chi connectivity index (χ2n) is 5.28. The second kappa shape index (κ2) is 3.85. The zero-order valence-electron chi connectivity index (χ0n) is 9.97. The van der Waals surface area contributed by atoms with Gasteiger partial charge in [-0.3, -0.25) is 0 Å². The Hall–Kier alpha value is -1.34. The van der Waals surface area contributed by atoms with Crippen LogP contribution >= 0.6 is 0 Å². The molecule has 1 fully saturated rings. The van der Waals surface area contributed by atoms with E-state index in [0.29, 0.717) is 5.92 Å². The first-order chi connectivity index (χ1) is 8.23. The highest BCUT2D eigenvalue weighted by Crippen LogP contribution is 2.51. The summed E-state index contributed by atoms with van der Waals surface area (Å²) < 4.78 is 0. The van der Waals surface area contributed by atoms with Crippen molar-refractivity contribution in [1.29, 1.82) is 0 Å². The van der Waals surface area contributed by atoms with Crippen LogP contribution < -0.4 is 0 Å². The SMILES string of the molecule is C=C[C@]1(O)CC[C@H]2CC(c3ccccc3)=C[C@H]21. The maximum Gasteiger partial charge on any atom is 0.0890 e. The Labute approximate surface area is 102 Å². The average molecular weight is 226 g/mol. The van der Waals surface area contributed by atoms with Gasteiger partial charge in [0.2, 0.25) is 0 Å². The van der Waals surface area contributed by atoms with Gasteiger partial charge in [-0.25, -0.2) is 0 Å². The Bertz CT molecular complexity index is 460. The molecule has 0 unspecified atom stereocenters. The first-order valence-corrected chi connectivity index (χ1v) is 6.35. The molecular weight excluding hydrogens is 208 g/mol. The number of hydrogen-bond donors (Lipinski definition) is 1. The van der Waals surface area contributed by atoms with Gasteiger partial charge in [-0.15, -0.1) is 6.58 Å². The van der Waals surface area contributed by atoms with Gasteiger partial charge in [-0.2, -0.15) is 0 Å². The van der Waals surface area contributed by atoms with Crippen LogP contribution in [0.1, 0.15) is 24.8 Å². The molecule has 2 aliphatic rings. The van der Waals surface area contributed by atoms with Gasteiger partial charge in [0.05, 0.1) is 5.60 Å². The molecule has 0 saturated heterocycles. The summed E-state index contributed by atoms with van der Waals surface area (Å²) >= 11 is 0. The Balaban J connectivity index is 1.92. The van der Waals surface area contributed by atoms with E-state index < -0.39 is 5.60 Å². The van der Waals surface area contributed by atoms with Crippen LogP contribution in [0.4, 0.5) is 0 Å². The summed E-state index contributed by atoms with van der Waals surface area (Å²) in [6.45, 7) is 3.79. The lowest BCUT2D eigenvalue weighted by Crippen LogP contribution is -2.30. The van der Waals surface area contributed by atoms with E-state index >= 15 is 0 Å². The molecule has 0 aromatic heterocycles. The molecule has 1 N–H and O–H groups in total. The van der Waals surface area contributed by atoms with Gasteiger partial charge in [0.25, 0.3) is 0 Å². The fourth-order valence-corrected chi connectivity index (χ4v) is 3.35. The lowest BCUT2D eigenvalue weighted by atomic mass is 9.89. The molecule has 0 aliphatic heterocycles. The molecule has 0 heterocycles. The Kier molecular flexibility index (Phi) is 2.44. The van der Waals surface area contributed by atoms with Gasteiger partial charge in [-0.05, 0) is 36.3 Å². The molecule has 1 aromatic carbocycles. The molecule has 0 bridgehead atoms. The predicted octanol–water partition coefficient (Wildman–Crippen LogP) is 3.42. The van der Waals surface area contributed by atoms with Crippen LogP contribution in [0.25, 0.3) is 5.57 Å². The van der Waals surface area contributed by atoms with Crippen molar-refractivity contribution >= 4 is 5.57 Å². The number of aliphatic hydroxyl groups is 1. The third kappa shape index (κ3) is 1.66. The standard InChI is InChI=1S/C16H18O/c1-2-16(17)9-8-13-10-14(11-15(13)16)12-6-4-3-5-7-12/h2-7,11,13,15,17H,1,8-10H2/t13-,15+,16-/m0/s1. The molecule has 2 aliphatic carbocycles. The van der Waals surface area contributed by atoms with Gasteiger partial charge >= 0.3 is 0 Å². The topological polar surface area (TPSA) is 20.2 Å². The van der Waals surface area contributed by atoms with Gasteiger partial charge < -0.3 is 5.11 Å². The third-order valence-electron chi connectivity index (χ3n) is 4.36. The zero-order chi connectivity index (χ0) is 11.9. The Morgan fingerprint density at radius 3 is 2.76 bits per heavy atom. The van der Waals surface area contributed by atoms with Crippen LogP contribution in [0.3, 0.4) is 0 Å². The summed E-state index contributed by atoms with van der Waals surface area (Å²) in [5, 5.41) is 10.5. The number of fused-ring (bicyclic) bond motifs is 1.